The first-order valence-corrected chi connectivity index (χ1v) is 12.0. The number of halogens is 3. The number of nitrogens with two attached hydrogens (primary N) is 1. The Morgan fingerprint density at radius 2 is 2.09 bits per heavy atom. The normalized spacial score (nSPS) is 26.8. The molecule has 0 radical (unpaired) electrons. The Kier molecular flexibility index (Phi) is 5.82. The van der Waals surface area contributed by atoms with Crippen LogP contribution >= 0.6 is 23.4 Å². The smallest absolute Gasteiger partial charge is 0.278 e. The summed E-state index contributed by atoms with van der Waals surface area (Å²) in [6.07, 6.45) is 6.68. The van der Waals surface area contributed by atoms with E-state index in [1.54, 1.807) is 10.9 Å². The van der Waals surface area contributed by atoms with E-state index in [9.17, 15) is 8.78 Å². The number of piperidine rings is 1. The van der Waals surface area contributed by atoms with Gasteiger partial charge in [-0.05, 0) is 31.9 Å². The van der Waals surface area contributed by atoms with Gasteiger partial charge in [0, 0.05) is 49.7 Å². The summed E-state index contributed by atoms with van der Waals surface area (Å²) in [7, 11) is 0. The van der Waals surface area contributed by atoms with Crippen LogP contribution < -0.4 is 5.73 Å². The zero-order valence-electron chi connectivity index (χ0n) is 17.8. The van der Waals surface area contributed by atoms with Gasteiger partial charge in [-0.25, -0.2) is 18.4 Å². The molecule has 172 valence electrons. The number of nitrogens with zero attached hydrogens (tertiary/aromatic N) is 4. The molecule has 3 aliphatic heterocycles. The number of hydrogen-bond acceptors (Lipinski definition) is 6. The van der Waals surface area contributed by atoms with E-state index in [0.717, 1.165) is 42.3 Å². The molecule has 0 bridgehead atoms. The molecule has 1 spiro atoms. The summed E-state index contributed by atoms with van der Waals surface area (Å²) in [6.45, 7) is 4.13. The topological polar surface area (TPSA) is 69.2 Å². The van der Waals surface area contributed by atoms with Crippen LogP contribution in [-0.2, 0) is 17.8 Å². The fourth-order valence-electron chi connectivity index (χ4n) is 4.97. The minimum absolute atomic E-state index is 0.329. The predicted molar refractivity (Wildman–Crippen MR) is 121 cm³/mol. The standard InChI is InChI=1S/C22H26ClF2N5OS/c1-14-16(12-30(28-14)20-15(10-26)3-2-6-27-20)11-29-7-4-21(5-8-29)19-17(9-18(23)32-19)22(24,25)13-31-21/h2-3,6,9,12,17,19H,4-5,7-8,10-11,13,26H2,1H3. The Morgan fingerprint density at radius 3 is 2.84 bits per heavy atom. The van der Waals surface area contributed by atoms with Crippen LogP contribution in [0.5, 0.6) is 0 Å². The Morgan fingerprint density at radius 1 is 1.31 bits per heavy atom. The van der Waals surface area contributed by atoms with E-state index in [0.29, 0.717) is 23.8 Å². The molecule has 2 N–H and O–H groups in total. The predicted octanol–water partition coefficient (Wildman–Crippen LogP) is 3.85. The first-order valence-electron chi connectivity index (χ1n) is 10.8. The molecule has 3 aliphatic rings. The van der Waals surface area contributed by atoms with Gasteiger partial charge in [-0.15, -0.1) is 11.8 Å². The van der Waals surface area contributed by atoms with Gasteiger partial charge in [0.25, 0.3) is 5.92 Å². The van der Waals surface area contributed by atoms with Crippen molar-refractivity contribution in [3.05, 3.63) is 51.8 Å². The Balaban J connectivity index is 1.28. The molecule has 32 heavy (non-hydrogen) atoms. The first kappa shape index (κ1) is 22.3. The number of thioether (sulfide) groups is 1. The highest BCUT2D eigenvalue weighted by molar-refractivity contribution is 8.05. The van der Waals surface area contributed by atoms with Crippen molar-refractivity contribution in [1.82, 2.24) is 19.7 Å². The summed E-state index contributed by atoms with van der Waals surface area (Å²) in [5.41, 5.74) is 8.29. The minimum atomic E-state index is -2.86. The van der Waals surface area contributed by atoms with Crippen LogP contribution in [0.4, 0.5) is 8.78 Å². The number of allylic oxidation sites excluding steroid dienone is 1. The number of fused-ring (bicyclic) bond motifs is 2. The zero-order valence-corrected chi connectivity index (χ0v) is 19.4. The lowest BCUT2D eigenvalue weighted by Crippen LogP contribution is -2.61. The molecular weight excluding hydrogens is 456 g/mol. The molecule has 2 saturated heterocycles. The van der Waals surface area contributed by atoms with Crippen LogP contribution in [0.1, 0.15) is 29.7 Å². The van der Waals surface area contributed by atoms with E-state index in [-0.39, 0.29) is 5.25 Å². The Labute approximate surface area is 195 Å². The van der Waals surface area contributed by atoms with Gasteiger partial charge in [0.05, 0.1) is 26.8 Å². The van der Waals surface area contributed by atoms with Crippen LogP contribution in [0.25, 0.3) is 5.82 Å². The van der Waals surface area contributed by atoms with Crippen molar-refractivity contribution >= 4 is 23.4 Å². The molecule has 0 saturated carbocycles. The summed E-state index contributed by atoms with van der Waals surface area (Å²) in [5.74, 6) is -2.97. The van der Waals surface area contributed by atoms with Crippen LogP contribution in [0.15, 0.2) is 35.0 Å². The summed E-state index contributed by atoms with van der Waals surface area (Å²) >= 11 is 7.49. The highest BCUT2D eigenvalue weighted by Crippen LogP contribution is 2.56. The lowest BCUT2D eigenvalue weighted by Gasteiger charge is -2.51. The third-order valence-corrected chi connectivity index (χ3v) is 8.57. The fraction of sp³-hybridized carbons (Fsp3) is 0.545. The number of likely N-dealkylation sites (tertiary alicyclic amines) is 1. The van der Waals surface area contributed by atoms with E-state index < -0.39 is 24.0 Å². The van der Waals surface area contributed by atoms with Crippen molar-refractivity contribution in [2.75, 3.05) is 19.7 Å². The number of ether oxygens (including phenoxy) is 1. The van der Waals surface area contributed by atoms with Gasteiger partial charge in [-0.3, -0.25) is 4.90 Å². The SMILES string of the molecule is Cc1nn(-c2ncccc2CN)cc1CN1CCC2(CC1)OCC(F)(F)C1C=C(Cl)SC12. The second-order valence-electron chi connectivity index (χ2n) is 8.80. The molecular formula is C22H26ClF2N5OS. The maximum absolute atomic E-state index is 14.4. The molecule has 6 nitrogen and oxygen atoms in total. The summed E-state index contributed by atoms with van der Waals surface area (Å²) in [4.78, 5) is 6.77. The third-order valence-electron chi connectivity index (χ3n) is 6.84. The quantitative estimate of drug-likeness (QED) is 0.715. The Hall–Kier alpha value is -1.52. The number of aryl methyl sites for hydroxylation is 1. The lowest BCUT2D eigenvalue weighted by atomic mass is 9.77. The molecule has 2 aromatic heterocycles. The van der Waals surface area contributed by atoms with Crippen molar-refractivity contribution in [3.63, 3.8) is 0 Å². The number of rotatable bonds is 4. The molecule has 2 atom stereocenters. The van der Waals surface area contributed by atoms with Crippen LogP contribution in [0, 0.1) is 12.8 Å². The maximum Gasteiger partial charge on any atom is 0.278 e. The van der Waals surface area contributed by atoms with Gasteiger partial charge in [0.1, 0.15) is 6.61 Å². The zero-order chi connectivity index (χ0) is 22.5. The van der Waals surface area contributed by atoms with Gasteiger partial charge in [-0.1, -0.05) is 17.7 Å². The number of pyridine rings is 1. The van der Waals surface area contributed by atoms with E-state index >= 15 is 0 Å². The lowest BCUT2D eigenvalue weighted by molar-refractivity contribution is -0.215. The average molecular weight is 482 g/mol. The Bertz CT molecular complexity index is 1040. The van der Waals surface area contributed by atoms with Gasteiger partial charge >= 0.3 is 0 Å². The monoisotopic (exact) mass is 481 g/mol. The molecule has 0 aromatic carbocycles. The molecule has 2 unspecified atom stereocenters. The number of aromatic nitrogens is 3. The van der Waals surface area contributed by atoms with E-state index in [1.165, 1.54) is 17.8 Å². The molecule has 0 amide bonds. The van der Waals surface area contributed by atoms with Gasteiger partial charge in [-0.2, -0.15) is 5.10 Å². The van der Waals surface area contributed by atoms with Crippen molar-refractivity contribution in [2.45, 2.75) is 49.6 Å². The number of alkyl halides is 2. The molecule has 0 aliphatic carbocycles. The molecule has 2 aromatic rings. The van der Waals surface area contributed by atoms with Crippen molar-refractivity contribution in [1.29, 1.82) is 0 Å². The highest BCUT2D eigenvalue weighted by Gasteiger charge is 2.60. The summed E-state index contributed by atoms with van der Waals surface area (Å²) in [6, 6.07) is 3.82. The minimum Gasteiger partial charge on any atom is -0.367 e. The van der Waals surface area contributed by atoms with Gasteiger partial charge < -0.3 is 10.5 Å². The van der Waals surface area contributed by atoms with E-state index in [1.807, 2.05) is 25.3 Å². The van der Waals surface area contributed by atoms with Crippen LogP contribution in [-0.4, -0.2) is 56.1 Å². The molecule has 5 heterocycles. The maximum atomic E-state index is 14.4. The van der Waals surface area contributed by atoms with Gasteiger partial charge in [0.2, 0.25) is 0 Å². The molecule has 2 fully saturated rings. The van der Waals surface area contributed by atoms with Crippen molar-refractivity contribution in [3.8, 4) is 5.82 Å². The number of hydrogen-bond donors (Lipinski definition) is 1. The summed E-state index contributed by atoms with van der Waals surface area (Å²) < 4.78 is 36.9. The third kappa shape index (κ3) is 3.88. The van der Waals surface area contributed by atoms with Crippen LogP contribution in [0.3, 0.4) is 0 Å². The molecule has 10 heteroatoms. The summed E-state index contributed by atoms with van der Waals surface area (Å²) in [5, 5.41) is 4.32. The molecule has 5 rings (SSSR count). The highest BCUT2D eigenvalue weighted by atomic mass is 35.5. The first-order chi connectivity index (χ1) is 15.3. The van der Waals surface area contributed by atoms with Crippen molar-refractivity contribution < 1.29 is 13.5 Å². The van der Waals surface area contributed by atoms with E-state index in [2.05, 4.69) is 15.0 Å². The second kappa shape index (κ2) is 8.36. The second-order valence-corrected chi connectivity index (χ2v) is 10.6. The average Bonchev–Trinajstić information content (AvgIpc) is 3.37. The fourth-order valence-corrected chi connectivity index (χ4v) is 6.81. The van der Waals surface area contributed by atoms with E-state index in [4.69, 9.17) is 22.1 Å². The van der Waals surface area contributed by atoms with Crippen molar-refractivity contribution in [2.24, 2.45) is 11.7 Å². The van der Waals surface area contributed by atoms with Gasteiger partial charge in [0.15, 0.2) is 5.82 Å². The van der Waals surface area contributed by atoms with Crippen LogP contribution in [0.2, 0.25) is 0 Å². The largest absolute Gasteiger partial charge is 0.367 e.